The van der Waals surface area contributed by atoms with Gasteiger partial charge < -0.3 is 37.6 Å². The van der Waals surface area contributed by atoms with Crippen LogP contribution in [-0.4, -0.2) is 91.3 Å². The van der Waals surface area contributed by atoms with Crippen LogP contribution < -0.4 is 4.74 Å². The fraction of sp³-hybridized carbons (Fsp3) is 0.620. The maximum Gasteiger partial charge on any atom is 0.381 e. The molecular weight excluding hydrogens is 801 g/mol. The fourth-order valence-corrected chi connectivity index (χ4v) is 9.16. The van der Waals surface area contributed by atoms with Gasteiger partial charge in [-0.25, -0.2) is 4.79 Å². The van der Waals surface area contributed by atoms with Crippen LogP contribution >= 0.6 is 0 Å². The van der Waals surface area contributed by atoms with Crippen LogP contribution in [0.3, 0.4) is 0 Å². The van der Waals surface area contributed by atoms with E-state index < -0.39 is 22.6 Å². The van der Waals surface area contributed by atoms with E-state index >= 15 is 0 Å². The van der Waals surface area contributed by atoms with Gasteiger partial charge in [-0.1, -0.05) is 120 Å². The summed E-state index contributed by atoms with van der Waals surface area (Å²) < 4.78 is 44.7. The molecule has 11 heteroatoms. The number of benzene rings is 1. The van der Waals surface area contributed by atoms with Crippen molar-refractivity contribution in [3.8, 4) is 17.6 Å². The molecule has 9 nitrogen and oxygen atoms in total. The molecule has 1 aromatic rings. The first-order chi connectivity index (χ1) is 28.5. The molecule has 1 N–H and O–H groups in total. The summed E-state index contributed by atoms with van der Waals surface area (Å²) in [7, 11) is -1.04. The van der Waals surface area contributed by atoms with E-state index in [1.165, 1.54) is 5.57 Å². The van der Waals surface area contributed by atoms with Crippen LogP contribution in [0.2, 0.25) is 36.3 Å². The number of methoxy groups -OCH3 is 2. The highest BCUT2D eigenvalue weighted by atomic mass is 28.4. The molecule has 0 saturated carbocycles. The van der Waals surface area contributed by atoms with Gasteiger partial charge in [-0.15, -0.1) is 0 Å². The minimum atomic E-state index is -2.24. The summed E-state index contributed by atoms with van der Waals surface area (Å²) in [6.45, 7) is 30.5. The molecule has 2 aliphatic rings. The Morgan fingerprint density at radius 3 is 2.28 bits per heavy atom. The highest BCUT2D eigenvalue weighted by molar-refractivity contribution is 6.74. The zero-order chi connectivity index (χ0) is 45.4. The van der Waals surface area contributed by atoms with Gasteiger partial charge in [0.1, 0.15) is 11.9 Å². The van der Waals surface area contributed by atoms with Gasteiger partial charge in [0.2, 0.25) is 0 Å². The second-order valence-corrected chi connectivity index (χ2v) is 29.1. The van der Waals surface area contributed by atoms with Crippen LogP contribution in [0, 0.1) is 11.8 Å². The largest absolute Gasteiger partial charge is 0.497 e. The van der Waals surface area contributed by atoms with Crippen LogP contribution in [0.4, 0.5) is 0 Å². The Morgan fingerprint density at radius 1 is 1.00 bits per heavy atom. The van der Waals surface area contributed by atoms with Crippen molar-refractivity contribution in [3.63, 3.8) is 0 Å². The third-order valence-electron chi connectivity index (χ3n) is 12.5. The van der Waals surface area contributed by atoms with Crippen molar-refractivity contribution in [2.24, 2.45) is 0 Å². The Balaban J connectivity index is 1.86. The van der Waals surface area contributed by atoms with Gasteiger partial charge in [0.25, 0.3) is 0 Å². The molecular formula is C50H78O9Si2. The highest BCUT2D eigenvalue weighted by Gasteiger charge is 2.41. The quantitative estimate of drug-likeness (QED) is 0.0693. The number of carboxylic acid groups (broad SMARTS) is 1. The van der Waals surface area contributed by atoms with E-state index in [2.05, 4.69) is 123 Å². The third kappa shape index (κ3) is 17.9. The average Bonchev–Trinajstić information content (AvgIpc) is 3.17. The molecule has 0 amide bonds. The molecule has 1 unspecified atom stereocenters. The Labute approximate surface area is 371 Å². The maximum atomic E-state index is 10.9. The molecule has 0 aromatic heterocycles. The Bertz CT molecular complexity index is 1720. The van der Waals surface area contributed by atoms with E-state index in [1.807, 2.05) is 36.4 Å². The van der Waals surface area contributed by atoms with Gasteiger partial charge in [0.15, 0.2) is 16.6 Å². The van der Waals surface area contributed by atoms with Gasteiger partial charge >= 0.3 is 5.97 Å². The number of hydrogen-bond donors (Lipinski definition) is 1. The Hall–Kier alpha value is -3.06. The molecule has 61 heavy (non-hydrogen) atoms. The highest BCUT2D eigenvalue weighted by Crippen LogP contribution is 2.40. The molecule has 0 radical (unpaired) electrons. The van der Waals surface area contributed by atoms with Crippen molar-refractivity contribution in [1.82, 2.24) is 0 Å². The lowest BCUT2D eigenvalue weighted by Gasteiger charge is -2.40. The second-order valence-electron chi connectivity index (χ2n) is 19.6. The lowest BCUT2D eigenvalue weighted by molar-refractivity contribution is -0.130. The maximum absolute atomic E-state index is 10.9. The zero-order valence-corrected chi connectivity index (χ0v) is 41.7. The molecule has 0 aliphatic carbocycles. The van der Waals surface area contributed by atoms with Crippen LogP contribution in [-0.2, 0) is 39.2 Å². The van der Waals surface area contributed by atoms with Gasteiger partial charge in [-0.3, -0.25) is 0 Å². The van der Waals surface area contributed by atoms with Gasteiger partial charge in [-0.2, -0.15) is 0 Å². The lowest BCUT2D eigenvalue weighted by atomic mass is 9.98. The zero-order valence-electron chi connectivity index (χ0n) is 39.7. The number of carboxylic acids is 1. The van der Waals surface area contributed by atoms with Crippen molar-refractivity contribution in [2.45, 2.75) is 179 Å². The molecule has 3 rings (SSSR count). The standard InChI is InChI=1S/C50H78O9Si2/c1-37(18-15-22-46-44(54-10)30-28-41(57-46)19-17-23-48(51)52)35-43(58-60(11,12)49(3,4)5)20-16-21-45(56-36-39-24-26-40(53-9)27-25-39)47(59-61(13,14)50(6,7)8)31-29-42-34-38(2)32-33-55-42/h16,20,24-32,41-47H,1,15,18-19,21-22,33-36H2,2-14H3,(H,51,52)/b20-16+,31-29+/t41-,42-,43?,44+,45+,46-,47-/m1/s1. The molecule has 340 valence electrons. The summed E-state index contributed by atoms with van der Waals surface area (Å²) in [5.74, 6) is 4.54. The summed E-state index contributed by atoms with van der Waals surface area (Å²) in [4.78, 5) is 10.9. The number of hydrogen-bond acceptors (Lipinski definition) is 8. The van der Waals surface area contributed by atoms with Crippen molar-refractivity contribution in [3.05, 3.63) is 90.1 Å². The Kier molecular flexibility index (Phi) is 20.7. The van der Waals surface area contributed by atoms with Crippen molar-refractivity contribution < 1.29 is 42.4 Å². The summed E-state index contributed by atoms with van der Waals surface area (Å²) >= 11 is 0. The molecule has 0 saturated heterocycles. The van der Waals surface area contributed by atoms with E-state index in [0.29, 0.717) is 32.5 Å². The topological polar surface area (TPSA) is 102 Å². The van der Waals surface area contributed by atoms with E-state index in [1.54, 1.807) is 14.2 Å². The molecule has 0 fully saturated rings. The van der Waals surface area contributed by atoms with Crippen molar-refractivity contribution in [1.29, 1.82) is 0 Å². The minimum Gasteiger partial charge on any atom is -0.497 e. The van der Waals surface area contributed by atoms with E-state index in [-0.39, 0.29) is 52.8 Å². The lowest BCUT2D eigenvalue weighted by Crippen LogP contribution is -2.47. The van der Waals surface area contributed by atoms with Crippen LogP contribution in [0.25, 0.3) is 0 Å². The number of rotatable bonds is 22. The first-order valence-electron chi connectivity index (χ1n) is 22.0. The SMILES string of the molecule is C=C(CCC[C@H]1O[C@H](CC#CC(=O)O)C=C[C@@H]1OC)CC(/C=C/C[C@H](OCc1ccc(OC)cc1)[C@@H](/C=C/[C@@H]1CC(C)=CCO1)O[Si](C)(C)C(C)(C)C)O[Si](C)(C)C(C)(C)C. The van der Waals surface area contributed by atoms with E-state index in [0.717, 1.165) is 42.6 Å². The third-order valence-corrected chi connectivity index (χ3v) is 21.5. The Morgan fingerprint density at radius 2 is 1.67 bits per heavy atom. The second kappa shape index (κ2) is 24.1. The molecule has 1 aromatic carbocycles. The smallest absolute Gasteiger partial charge is 0.381 e. The average molecular weight is 879 g/mol. The van der Waals surface area contributed by atoms with Crippen molar-refractivity contribution in [2.75, 3.05) is 20.8 Å². The van der Waals surface area contributed by atoms with E-state index in [9.17, 15) is 4.79 Å². The first-order valence-corrected chi connectivity index (χ1v) is 27.8. The van der Waals surface area contributed by atoms with Crippen LogP contribution in [0.1, 0.15) is 99.0 Å². The van der Waals surface area contributed by atoms with Crippen LogP contribution in [0.15, 0.2) is 84.5 Å². The predicted octanol–water partition coefficient (Wildman–Crippen LogP) is 11.5. The number of aliphatic carboxylic acids is 1. The minimum absolute atomic E-state index is 0.00121. The monoisotopic (exact) mass is 879 g/mol. The molecule has 0 bridgehead atoms. The van der Waals surface area contributed by atoms with Gasteiger partial charge in [-0.05, 0) is 99.4 Å². The molecule has 2 heterocycles. The van der Waals surface area contributed by atoms with Gasteiger partial charge in [0.05, 0.1) is 56.9 Å². The summed E-state index contributed by atoms with van der Waals surface area (Å²) in [5, 5.41) is 8.94. The summed E-state index contributed by atoms with van der Waals surface area (Å²) in [6.07, 6.45) is 18.5. The van der Waals surface area contributed by atoms with Gasteiger partial charge in [0, 0.05) is 19.5 Å². The number of carbonyl (C=O) groups is 1. The van der Waals surface area contributed by atoms with Crippen molar-refractivity contribution >= 4 is 22.6 Å². The normalized spacial score (nSPS) is 21.8. The van der Waals surface area contributed by atoms with E-state index in [4.69, 9.17) is 37.6 Å². The molecule has 0 spiro atoms. The fourth-order valence-electron chi connectivity index (χ4n) is 6.63. The van der Waals surface area contributed by atoms with Crippen LogP contribution in [0.5, 0.6) is 5.75 Å². The number of ether oxygens (including phenoxy) is 5. The molecule has 2 aliphatic heterocycles. The predicted molar refractivity (Wildman–Crippen MR) is 253 cm³/mol. The summed E-state index contributed by atoms with van der Waals surface area (Å²) in [5.41, 5.74) is 3.51. The summed E-state index contributed by atoms with van der Waals surface area (Å²) in [6, 6.07) is 8.03. The molecule has 7 atom stereocenters. The first kappa shape index (κ1) is 52.3.